The van der Waals surface area contributed by atoms with Gasteiger partial charge in [0.25, 0.3) is 0 Å². The zero-order chi connectivity index (χ0) is 16.6. The van der Waals surface area contributed by atoms with Crippen molar-refractivity contribution < 1.29 is 14.3 Å². The quantitative estimate of drug-likeness (QED) is 0.770. The Morgan fingerprint density at radius 2 is 2.09 bits per heavy atom. The van der Waals surface area contributed by atoms with Crippen LogP contribution >= 0.6 is 0 Å². The lowest BCUT2D eigenvalue weighted by Crippen LogP contribution is -2.28. The number of benzene rings is 1. The highest BCUT2D eigenvalue weighted by Crippen LogP contribution is 2.40. The van der Waals surface area contributed by atoms with Crippen LogP contribution in [0, 0.1) is 0 Å². The van der Waals surface area contributed by atoms with E-state index in [1.54, 1.807) is 4.57 Å². The van der Waals surface area contributed by atoms with Crippen molar-refractivity contribution in [3.05, 3.63) is 35.5 Å². The fourth-order valence-electron chi connectivity index (χ4n) is 3.55. The molecular formula is C19H23NO3. The maximum absolute atomic E-state index is 12.7. The van der Waals surface area contributed by atoms with Crippen molar-refractivity contribution in [2.45, 2.75) is 58.0 Å². The summed E-state index contributed by atoms with van der Waals surface area (Å²) in [7, 11) is 0. The van der Waals surface area contributed by atoms with E-state index in [2.05, 4.69) is 0 Å². The van der Waals surface area contributed by atoms with Crippen LogP contribution in [0.4, 0.5) is 4.79 Å². The van der Waals surface area contributed by atoms with E-state index in [0.717, 1.165) is 47.7 Å². The summed E-state index contributed by atoms with van der Waals surface area (Å²) in [5.74, 6) is 0.199. The summed E-state index contributed by atoms with van der Waals surface area (Å²) >= 11 is 0. The minimum atomic E-state index is -0.536. The van der Waals surface area contributed by atoms with E-state index in [4.69, 9.17) is 4.74 Å². The molecule has 1 aromatic heterocycles. The molecule has 0 N–H and O–H groups in total. The van der Waals surface area contributed by atoms with E-state index in [1.165, 1.54) is 0 Å². The van der Waals surface area contributed by atoms with Crippen LogP contribution in [0.25, 0.3) is 10.9 Å². The van der Waals surface area contributed by atoms with Crippen molar-refractivity contribution in [1.82, 2.24) is 4.57 Å². The van der Waals surface area contributed by atoms with Crippen molar-refractivity contribution >= 4 is 23.3 Å². The van der Waals surface area contributed by atoms with Crippen LogP contribution in [0.1, 0.15) is 57.2 Å². The minimum Gasteiger partial charge on any atom is -0.443 e. The smallest absolute Gasteiger partial charge is 0.419 e. The molecule has 1 atom stereocenters. The molecule has 0 bridgehead atoms. The topological polar surface area (TPSA) is 48.3 Å². The van der Waals surface area contributed by atoms with Gasteiger partial charge in [-0.15, -0.1) is 0 Å². The highest BCUT2D eigenvalue weighted by Gasteiger charge is 2.30. The zero-order valence-electron chi connectivity index (χ0n) is 14.0. The molecule has 122 valence electrons. The van der Waals surface area contributed by atoms with Gasteiger partial charge in [0.2, 0.25) is 0 Å². The summed E-state index contributed by atoms with van der Waals surface area (Å²) in [5.41, 5.74) is 2.51. The third-order valence-corrected chi connectivity index (χ3v) is 4.35. The summed E-state index contributed by atoms with van der Waals surface area (Å²) < 4.78 is 7.32. The van der Waals surface area contributed by atoms with E-state index >= 15 is 0 Å². The summed E-state index contributed by atoms with van der Waals surface area (Å²) in [6.07, 6.45) is 3.99. The number of hydrogen-bond donors (Lipinski definition) is 0. The molecule has 3 rings (SSSR count). The van der Waals surface area contributed by atoms with E-state index in [9.17, 15) is 9.59 Å². The van der Waals surface area contributed by atoms with Crippen LogP contribution in [0.2, 0.25) is 0 Å². The molecule has 1 aliphatic carbocycles. The number of nitrogens with zero attached hydrogens (tertiary/aromatic N) is 1. The summed E-state index contributed by atoms with van der Waals surface area (Å²) in [6, 6.07) is 7.91. The average Bonchev–Trinajstić information content (AvgIpc) is 2.81. The molecule has 23 heavy (non-hydrogen) atoms. The van der Waals surface area contributed by atoms with E-state index in [1.807, 2.05) is 45.0 Å². The third kappa shape index (κ3) is 2.90. The maximum atomic E-state index is 12.7. The van der Waals surface area contributed by atoms with Gasteiger partial charge in [-0.05, 0) is 57.6 Å². The number of para-hydroxylation sites is 1. The maximum Gasteiger partial charge on any atom is 0.419 e. The highest BCUT2D eigenvalue weighted by atomic mass is 16.6. The fraction of sp³-hybridized carbons (Fsp3) is 0.474. The largest absolute Gasteiger partial charge is 0.443 e. The zero-order valence-corrected chi connectivity index (χ0v) is 14.0. The molecule has 0 radical (unpaired) electrons. The Hall–Kier alpha value is -2.10. The Morgan fingerprint density at radius 1 is 1.35 bits per heavy atom. The predicted molar refractivity (Wildman–Crippen MR) is 89.9 cm³/mol. The lowest BCUT2D eigenvalue weighted by Gasteiger charge is -2.24. The van der Waals surface area contributed by atoms with Crippen molar-refractivity contribution in [2.24, 2.45) is 0 Å². The van der Waals surface area contributed by atoms with Crippen LogP contribution < -0.4 is 0 Å². The van der Waals surface area contributed by atoms with Gasteiger partial charge in [-0.1, -0.05) is 18.2 Å². The van der Waals surface area contributed by atoms with Gasteiger partial charge in [-0.3, -0.25) is 0 Å². The van der Waals surface area contributed by atoms with Crippen molar-refractivity contribution in [3.8, 4) is 0 Å². The number of rotatable bonds is 2. The van der Waals surface area contributed by atoms with Crippen LogP contribution in [-0.4, -0.2) is 22.5 Å². The summed E-state index contributed by atoms with van der Waals surface area (Å²) in [4.78, 5) is 23.8. The SMILES string of the molecule is CC(C)(C)OC(=O)n1c2c(c3ccccc31)C(CC=O)CCC2. The van der Waals surface area contributed by atoms with Crippen molar-refractivity contribution in [2.75, 3.05) is 0 Å². The Balaban J connectivity index is 2.19. The van der Waals surface area contributed by atoms with Gasteiger partial charge in [-0.2, -0.15) is 0 Å². The fourth-order valence-corrected chi connectivity index (χ4v) is 3.55. The van der Waals surface area contributed by atoms with Crippen LogP contribution in [0.5, 0.6) is 0 Å². The molecule has 4 heteroatoms. The number of aldehydes is 1. The lowest BCUT2D eigenvalue weighted by molar-refractivity contribution is -0.108. The van der Waals surface area contributed by atoms with Crippen molar-refractivity contribution in [1.29, 1.82) is 0 Å². The van der Waals surface area contributed by atoms with Gasteiger partial charge < -0.3 is 9.53 Å². The van der Waals surface area contributed by atoms with E-state index < -0.39 is 5.60 Å². The molecule has 4 nitrogen and oxygen atoms in total. The number of ether oxygens (including phenoxy) is 1. The average molecular weight is 313 g/mol. The molecule has 0 spiro atoms. The molecule has 1 aliphatic rings. The second kappa shape index (κ2) is 5.84. The number of carbonyl (C=O) groups is 2. The number of fused-ring (bicyclic) bond motifs is 3. The van der Waals surface area contributed by atoms with Crippen LogP contribution in [-0.2, 0) is 16.0 Å². The Bertz CT molecular complexity index is 752. The number of hydrogen-bond acceptors (Lipinski definition) is 3. The summed E-state index contributed by atoms with van der Waals surface area (Å²) in [6.45, 7) is 5.62. The van der Waals surface area contributed by atoms with Crippen LogP contribution in [0.3, 0.4) is 0 Å². The van der Waals surface area contributed by atoms with Gasteiger partial charge >= 0.3 is 6.09 Å². The molecular weight excluding hydrogens is 290 g/mol. The number of carbonyl (C=O) groups excluding carboxylic acids is 2. The van der Waals surface area contributed by atoms with Gasteiger partial charge in [-0.25, -0.2) is 9.36 Å². The molecule has 0 saturated heterocycles. The van der Waals surface area contributed by atoms with E-state index in [0.29, 0.717) is 6.42 Å². The second-order valence-electron chi connectivity index (χ2n) is 7.18. The van der Waals surface area contributed by atoms with Crippen molar-refractivity contribution in [3.63, 3.8) is 0 Å². The highest BCUT2D eigenvalue weighted by molar-refractivity contribution is 5.94. The Kier molecular flexibility index (Phi) is 4.00. The molecule has 0 aliphatic heterocycles. The minimum absolute atomic E-state index is 0.199. The van der Waals surface area contributed by atoms with Gasteiger partial charge in [0.05, 0.1) is 5.52 Å². The van der Waals surface area contributed by atoms with Gasteiger partial charge in [0.15, 0.2) is 0 Å². The second-order valence-corrected chi connectivity index (χ2v) is 7.18. The first kappa shape index (κ1) is 15.8. The Morgan fingerprint density at radius 3 is 2.78 bits per heavy atom. The molecule has 2 aromatic rings. The van der Waals surface area contributed by atoms with E-state index in [-0.39, 0.29) is 12.0 Å². The normalized spacial score (nSPS) is 17.8. The van der Waals surface area contributed by atoms with Gasteiger partial charge in [0.1, 0.15) is 11.9 Å². The van der Waals surface area contributed by atoms with Crippen LogP contribution in [0.15, 0.2) is 24.3 Å². The Labute approximate surface area is 136 Å². The lowest BCUT2D eigenvalue weighted by atomic mass is 9.83. The predicted octanol–water partition coefficient (Wildman–Crippen LogP) is 4.43. The first-order valence-corrected chi connectivity index (χ1v) is 8.21. The standard InChI is InChI=1S/C19H23NO3/c1-19(2,3)23-18(22)20-15-9-5-4-8-14(15)17-13(11-12-21)7-6-10-16(17)20/h4-5,8-9,12-13H,6-7,10-11H2,1-3H3. The molecule has 0 saturated carbocycles. The molecule has 1 heterocycles. The molecule has 1 unspecified atom stereocenters. The molecule has 0 fully saturated rings. The monoisotopic (exact) mass is 313 g/mol. The first-order chi connectivity index (χ1) is 10.9. The van der Waals surface area contributed by atoms with Gasteiger partial charge in [0, 0.05) is 17.5 Å². The third-order valence-electron chi connectivity index (χ3n) is 4.35. The molecule has 0 amide bonds. The number of aromatic nitrogens is 1. The first-order valence-electron chi connectivity index (χ1n) is 8.21. The molecule has 1 aromatic carbocycles. The summed E-state index contributed by atoms with van der Waals surface area (Å²) in [5, 5.41) is 1.07.